The number of carbonyl (C=O) groups excluding carboxylic acids is 1. The van der Waals surface area contributed by atoms with Gasteiger partial charge >= 0.3 is 5.97 Å². The van der Waals surface area contributed by atoms with Crippen molar-refractivity contribution in [3.8, 4) is 0 Å². The van der Waals surface area contributed by atoms with Gasteiger partial charge in [-0.05, 0) is 25.3 Å². The molecule has 2 fully saturated rings. The Kier molecular flexibility index (Phi) is 4.22. The average molecular weight is 254 g/mol. The standard InChI is InChI=1S/C13H22N2O3/c1-9-7-14-8-10(9)12(16)15-6-4-2-3-5-11(15)13(17)18/h9-11,14H,2-8H2,1H3,(H,17,18)/t9-,10-,11?/m1/s1. The normalized spacial score (nSPS) is 33.2. The van der Waals surface area contributed by atoms with Crippen LogP contribution < -0.4 is 5.32 Å². The van der Waals surface area contributed by atoms with E-state index >= 15 is 0 Å². The molecule has 0 aliphatic carbocycles. The molecule has 18 heavy (non-hydrogen) atoms. The molecule has 2 heterocycles. The zero-order valence-electron chi connectivity index (χ0n) is 10.9. The number of hydrogen-bond donors (Lipinski definition) is 2. The third kappa shape index (κ3) is 2.66. The second kappa shape index (κ2) is 5.69. The highest BCUT2D eigenvalue weighted by molar-refractivity contribution is 5.85. The predicted molar refractivity (Wildman–Crippen MR) is 67.1 cm³/mol. The van der Waals surface area contributed by atoms with Gasteiger partial charge in [-0.2, -0.15) is 0 Å². The zero-order chi connectivity index (χ0) is 13.1. The van der Waals surface area contributed by atoms with E-state index in [0.29, 0.717) is 25.4 Å². The fraction of sp³-hybridized carbons (Fsp3) is 0.846. The average Bonchev–Trinajstić information content (AvgIpc) is 2.63. The number of nitrogens with zero attached hydrogens (tertiary/aromatic N) is 1. The Morgan fingerprint density at radius 1 is 1.22 bits per heavy atom. The third-order valence-electron chi connectivity index (χ3n) is 4.16. The van der Waals surface area contributed by atoms with E-state index in [1.807, 2.05) is 0 Å². The van der Waals surface area contributed by atoms with Crippen molar-refractivity contribution < 1.29 is 14.7 Å². The van der Waals surface area contributed by atoms with Crippen molar-refractivity contribution in [3.05, 3.63) is 0 Å². The zero-order valence-corrected chi connectivity index (χ0v) is 10.9. The Bertz CT molecular complexity index is 332. The van der Waals surface area contributed by atoms with Crippen molar-refractivity contribution in [2.24, 2.45) is 11.8 Å². The summed E-state index contributed by atoms with van der Waals surface area (Å²) >= 11 is 0. The maximum absolute atomic E-state index is 12.5. The van der Waals surface area contributed by atoms with Crippen molar-refractivity contribution in [1.82, 2.24) is 10.2 Å². The first kappa shape index (κ1) is 13.3. The maximum atomic E-state index is 12.5. The molecule has 1 unspecified atom stereocenters. The molecule has 0 radical (unpaired) electrons. The van der Waals surface area contributed by atoms with Crippen molar-refractivity contribution >= 4 is 11.9 Å². The molecular formula is C13H22N2O3. The molecule has 0 aromatic heterocycles. The van der Waals surface area contributed by atoms with E-state index in [4.69, 9.17) is 0 Å². The summed E-state index contributed by atoms with van der Waals surface area (Å²) in [4.78, 5) is 25.4. The number of carboxylic acid groups (broad SMARTS) is 1. The molecule has 102 valence electrons. The second-order valence-corrected chi connectivity index (χ2v) is 5.48. The highest BCUT2D eigenvalue weighted by atomic mass is 16.4. The molecule has 3 atom stereocenters. The van der Waals surface area contributed by atoms with Crippen LogP contribution in [0.1, 0.15) is 32.6 Å². The minimum Gasteiger partial charge on any atom is -0.480 e. The quantitative estimate of drug-likeness (QED) is 0.761. The summed E-state index contributed by atoms with van der Waals surface area (Å²) in [6.07, 6.45) is 3.44. The second-order valence-electron chi connectivity index (χ2n) is 5.48. The molecule has 2 rings (SSSR count). The van der Waals surface area contributed by atoms with Crippen molar-refractivity contribution in [3.63, 3.8) is 0 Å². The number of carbonyl (C=O) groups is 2. The van der Waals surface area contributed by atoms with Crippen LogP contribution in [0.5, 0.6) is 0 Å². The van der Waals surface area contributed by atoms with Crippen molar-refractivity contribution in [2.45, 2.75) is 38.6 Å². The van der Waals surface area contributed by atoms with E-state index in [1.54, 1.807) is 4.90 Å². The lowest BCUT2D eigenvalue weighted by Gasteiger charge is -2.30. The lowest BCUT2D eigenvalue weighted by atomic mass is 9.95. The lowest BCUT2D eigenvalue weighted by Crippen LogP contribution is -2.48. The van der Waals surface area contributed by atoms with E-state index in [9.17, 15) is 14.7 Å². The monoisotopic (exact) mass is 254 g/mol. The van der Waals surface area contributed by atoms with Crippen molar-refractivity contribution in [1.29, 1.82) is 0 Å². The minimum atomic E-state index is -0.858. The molecule has 2 aliphatic heterocycles. The SMILES string of the molecule is C[C@@H]1CNC[C@H]1C(=O)N1CCCCCC1C(=O)O. The van der Waals surface area contributed by atoms with E-state index in [2.05, 4.69) is 12.2 Å². The van der Waals surface area contributed by atoms with E-state index in [-0.39, 0.29) is 11.8 Å². The van der Waals surface area contributed by atoms with Gasteiger partial charge in [0.1, 0.15) is 6.04 Å². The first-order valence-corrected chi connectivity index (χ1v) is 6.85. The van der Waals surface area contributed by atoms with Crippen LogP contribution in [0.4, 0.5) is 0 Å². The van der Waals surface area contributed by atoms with Gasteiger partial charge in [0.25, 0.3) is 0 Å². The molecule has 2 aliphatic rings. The Labute approximate surface area is 108 Å². The predicted octanol–water partition coefficient (Wildman–Crippen LogP) is 0.698. The Hall–Kier alpha value is -1.10. The summed E-state index contributed by atoms with van der Waals surface area (Å²) in [5.74, 6) is -0.578. The summed E-state index contributed by atoms with van der Waals surface area (Å²) in [7, 11) is 0. The smallest absolute Gasteiger partial charge is 0.326 e. The van der Waals surface area contributed by atoms with Crippen LogP contribution in [0.25, 0.3) is 0 Å². The van der Waals surface area contributed by atoms with E-state index < -0.39 is 12.0 Å². The number of carboxylic acids is 1. The number of nitrogens with one attached hydrogen (secondary N) is 1. The minimum absolute atomic E-state index is 0.0294. The summed E-state index contributed by atoms with van der Waals surface area (Å²) < 4.78 is 0. The summed E-state index contributed by atoms with van der Waals surface area (Å²) in [6, 6.07) is -0.618. The molecule has 2 N–H and O–H groups in total. The molecule has 0 saturated carbocycles. The summed E-state index contributed by atoms with van der Waals surface area (Å²) in [5.41, 5.74) is 0. The van der Waals surface area contributed by atoms with E-state index in [1.165, 1.54) is 0 Å². The number of aliphatic carboxylic acids is 1. The largest absolute Gasteiger partial charge is 0.480 e. The van der Waals surface area contributed by atoms with Gasteiger partial charge < -0.3 is 15.3 Å². The summed E-state index contributed by atoms with van der Waals surface area (Å²) in [6.45, 7) is 4.18. The number of rotatable bonds is 2. The van der Waals surface area contributed by atoms with Gasteiger partial charge in [-0.3, -0.25) is 4.79 Å². The van der Waals surface area contributed by atoms with Gasteiger partial charge in [-0.15, -0.1) is 0 Å². The van der Waals surface area contributed by atoms with Gasteiger partial charge in [0.2, 0.25) is 5.91 Å². The van der Waals surface area contributed by atoms with Gasteiger partial charge in [0, 0.05) is 13.1 Å². The molecule has 5 nitrogen and oxygen atoms in total. The first-order valence-electron chi connectivity index (χ1n) is 6.85. The molecule has 0 spiro atoms. The highest BCUT2D eigenvalue weighted by Crippen LogP contribution is 2.24. The molecule has 0 aromatic carbocycles. The summed E-state index contributed by atoms with van der Waals surface area (Å²) in [5, 5.41) is 12.5. The van der Waals surface area contributed by atoms with Crippen LogP contribution in [0.2, 0.25) is 0 Å². The fourth-order valence-corrected chi connectivity index (χ4v) is 2.98. The van der Waals surface area contributed by atoms with Gasteiger partial charge in [-0.25, -0.2) is 4.79 Å². The molecular weight excluding hydrogens is 232 g/mol. The molecule has 0 aromatic rings. The van der Waals surface area contributed by atoms with Crippen molar-refractivity contribution in [2.75, 3.05) is 19.6 Å². The Morgan fingerprint density at radius 2 is 2.00 bits per heavy atom. The van der Waals surface area contributed by atoms with Gasteiger partial charge in [-0.1, -0.05) is 19.8 Å². The molecule has 0 bridgehead atoms. The maximum Gasteiger partial charge on any atom is 0.326 e. The van der Waals surface area contributed by atoms with E-state index in [0.717, 1.165) is 25.8 Å². The molecule has 1 amide bonds. The van der Waals surface area contributed by atoms with Gasteiger partial charge in [0.05, 0.1) is 5.92 Å². The van der Waals surface area contributed by atoms with Crippen LogP contribution in [0.3, 0.4) is 0 Å². The van der Waals surface area contributed by atoms with Gasteiger partial charge in [0.15, 0.2) is 0 Å². The Morgan fingerprint density at radius 3 is 2.61 bits per heavy atom. The topological polar surface area (TPSA) is 69.6 Å². The fourth-order valence-electron chi connectivity index (χ4n) is 2.98. The first-order chi connectivity index (χ1) is 8.61. The molecule has 2 saturated heterocycles. The highest BCUT2D eigenvalue weighted by Gasteiger charge is 2.38. The Balaban J connectivity index is 2.11. The van der Waals surface area contributed by atoms with Crippen LogP contribution in [-0.2, 0) is 9.59 Å². The lowest BCUT2D eigenvalue weighted by molar-refractivity contribution is -0.152. The third-order valence-corrected chi connectivity index (χ3v) is 4.16. The van der Waals surface area contributed by atoms with Crippen LogP contribution >= 0.6 is 0 Å². The number of hydrogen-bond acceptors (Lipinski definition) is 3. The van der Waals surface area contributed by atoms with Crippen LogP contribution in [0.15, 0.2) is 0 Å². The molecule has 5 heteroatoms. The number of likely N-dealkylation sites (tertiary alicyclic amines) is 1. The van der Waals surface area contributed by atoms with Crippen LogP contribution in [0, 0.1) is 11.8 Å². The number of amides is 1. The van der Waals surface area contributed by atoms with Crippen LogP contribution in [-0.4, -0.2) is 47.6 Å².